The maximum Gasteiger partial charge on any atom is 0.248 e. The molecule has 0 aliphatic heterocycles. The fraction of sp³-hybridized carbons (Fsp3) is 0.0625. The minimum absolute atomic E-state index is 0.0502. The third-order valence-corrected chi connectivity index (χ3v) is 2.79. The van der Waals surface area contributed by atoms with Crippen molar-refractivity contribution in [3.8, 4) is 0 Å². The highest BCUT2D eigenvalue weighted by Gasteiger charge is 2.05. The first kappa shape index (κ1) is 13.9. The summed E-state index contributed by atoms with van der Waals surface area (Å²) in [4.78, 5) is 11.7. The van der Waals surface area contributed by atoms with Gasteiger partial charge >= 0.3 is 0 Å². The van der Waals surface area contributed by atoms with Crippen LogP contribution < -0.4 is 5.32 Å². The molecule has 0 fully saturated rings. The average molecular weight is 273 g/mol. The minimum Gasteiger partial charge on any atom is -0.320 e. The van der Waals surface area contributed by atoms with Crippen LogP contribution in [0.1, 0.15) is 11.1 Å². The Morgan fingerprint density at radius 2 is 1.90 bits per heavy atom. The molecule has 0 aliphatic rings. The highest BCUT2D eigenvalue weighted by molar-refractivity contribution is 6.02. The van der Waals surface area contributed by atoms with Crippen molar-refractivity contribution in [2.75, 3.05) is 5.32 Å². The van der Waals surface area contributed by atoms with E-state index in [4.69, 9.17) is 0 Å². The summed E-state index contributed by atoms with van der Waals surface area (Å²) in [7, 11) is 0. The fourth-order valence-electron chi connectivity index (χ4n) is 1.70. The summed E-state index contributed by atoms with van der Waals surface area (Å²) in [6.07, 6.45) is 2.96. The van der Waals surface area contributed by atoms with Crippen LogP contribution in [-0.4, -0.2) is 5.91 Å². The Hall–Kier alpha value is -2.49. The molecule has 102 valence electrons. The molecule has 20 heavy (non-hydrogen) atoms. The Labute approximate surface area is 115 Å². The maximum absolute atomic E-state index is 13.4. The molecule has 2 aromatic rings. The molecule has 2 rings (SSSR count). The van der Waals surface area contributed by atoms with Crippen LogP contribution in [0.3, 0.4) is 0 Å². The predicted octanol–water partition coefficient (Wildman–Crippen LogP) is 3.93. The maximum atomic E-state index is 13.4. The van der Waals surface area contributed by atoms with Crippen molar-refractivity contribution >= 4 is 17.7 Å². The first-order valence-electron chi connectivity index (χ1n) is 6.06. The molecule has 2 nitrogen and oxygen atoms in total. The summed E-state index contributed by atoms with van der Waals surface area (Å²) < 4.78 is 26.1. The van der Waals surface area contributed by atoms with Crippen LogP contribution in [-0.2, 0) is 4.79 Å². The van der Waals surface area contributed by atoms with E-state index in [0.717, 1.165) is 23.3 Å². The van der Waals surface area contributed by atoms with Gasteiger partial charge in [0.05, 0.1) is 5.69 Å². The first-order chi connectivity index (χ1) is 9.56. The SMILES string of the molecule is Cc1ccccc1/C=C/C(=O)Nc1ccc(F)cc1F. The molecule has 4 heteroatoms. The van der Waals surface area contributed by atoms with Crippen LogP contribution in [0.25, 0.3) is 6.08 Å². The Morgan fingerprint density at radius 3 is 2.60 bits per heavy atom. The van der Waals surface area contributed by atoms with Gasteiger partial charge in [0.25, 0.3) is 0 Å². The molecular weight excluding hydrogens is 260 g/mol. The number of carbonyl (C=O) groups is 1. The normalized spacial score (nSPS) is 10.8. The summed E-state index contributed by atoms with van der Waals surface area (Å²) >= 11 is 0. The third kappa shape index (κ3) is 3.51. The number of benzene rings is 2. The number of anilines is 1. The monoisotopic (exact) mass is 273 g/mol. The van der Waals surface area contributed by atoms with Gasteiger partial charge in [-0.1, -0.05) is 24.3 Å². The molecule has 0 saturated heterocycles. The molecule has 0 aromatic heterocycles. The first-order valence-corrected chi connectivity index (χ1v) is 6.06. The molecule has 1 amide bonds. The average Bonchev–Trinajstić information content (AvgIpc) is 2.41. The highest BCUT2D eigenvalue weighted by atomic mass is 19.1. The topological polar surface area (TPSA) is 29.1 Å². The number of aryl methyl sites for hydroxylation is 1. The summed E-state index contributed by atoms with van der Waals surface area (Å²) in [6, 6.07) is 10.6. The van der Waals surface area contributed by atoms with Crippen molar-refractivity contribution in [3.05, 3.63) is 71.3 Å². The quantitative estimate of drug-likeness (QED) is 0.844. The molecule has 0 heterocycles. The largest absolute Gasteiger partial charge is 0.320 e. The van der Waals surface area contributed by atoms with Gasteiger partial charge in [0.2, 0.25) is 5.91 Å². The molecule has 0 unspecified atom stereocenters. The standard InChI is InChI=1S/C16H13F2NO/c1-11-4-2-3-5-12(11)6-9-16(20)19-15-8-7-13(17)10-14(15)18/h2-10H,1H3,(H,19,20)/b9-6+. The Balaban J connectivity index is 2.08. The van der Waals surface area contributed by atoms with Gasteiger partial charge in [-0.2, -0.15) is 0 Å². The molecule has 0 saturated carbocycles. The van der Waals surface area contributed by atoms with Crippen LogP contribution in [0.15, 0.2) is 48.5 Å². The van der Waals surface area contributed by atoms with Crippen molar-refractivity contribution < 1.29 is 13.6 Å². The Kier molecular flexibility index (Phi) is 4.25. The van der Waals surface area contributed by atoms with E-state index in [0.29, 0.717) is 0 Å². The summed E-state index contributed by atoms with van der Waals surface area (Å²) in [5, 5.41) is 2.36. The molecule has 0 atom stereocenters. The van der Waals surface area contributed by atoms with Crippen molar-refractivity contribution in [1.82, 2.24) is 0 Å². The highest BCUT2D eigenvalue weighted by Crippen LogP contribution is 2.15. The van der Waals surface area contributed by atoms with E-state index < -0.39 is 17.5 Å². The Morgan fingerprint density at radius 1 is 1.15 bits per heavy atom. The van der Waals surface area contributed by atoms with Gasteiger partial charge in [0.15, 0.2) is 0 Å². The second-order valence-corrected chi connectivity index (χ2v) is 4.30. The molecule has 0 radical (unpaired) electrons. The van der Waals surface area contributed by atoms with Gasteiger partial charge < -0.3 is 5.32 Å². The summed E-state index contributed by atoms with van der Waals surface area (Å²) in [5.74, 6) is -1.96. The predicted molar refractivity (Wildman–Crippen MR) is 75.2 cm³/mol. The fourth-order valence-corrected chi connectivity index (χ4v) is 1.70. The van der Waals surface area contributed by atoms with Crippen molar-refractivity contribution in [1.29, 1.82) is 0 Å². The summed E-state index contributed by atoms with van der Waals surface area (Å²) in [5.41, 5.74) is 1.89. The second-order valence-electron chi connectivity index (χ2n) is 4.30. The van der Waals surface area contributed by atoms with Crippen LogP contribution in [0, 0.1) is 18.6 Å². The van der Waals surface area contributed by atoms with Gasteiger partial charge in [-0.05, 0) is 36.3 Å². The van der Waals surface area contributed by atoms with Crippen LogP contribution in [0.5, 0.6) is 0 Å². The van der Waals surface area contributed by atoms with Crippen LogP contribution in [0.2, 0.25) is 0 Å². The number of hydrogen-bond donors (Lipinski definition) is 1. The molecule has 0 spiro atoms. The van der Waals surface area contributed by atoms with Gasteiger partial charge in [-0.15, -0.1) is 0 Å². The summed E-state index contributed by atoms with van der Waals surface area (Å²) in [6.45, 7) is 1.93. The van der Waals surface area contributed by atoms with Gasteiger partial charge in [0.1, 0.15) is 11.6 Å². The van der Waals surface area contributed by atoms with Crippen molar-refractivity contribution in [3.63, 3.8) is 0 Å². The Bertz CT molecular complexity index is 665. The van der Waals surface area contributed by atoms with Crippen LogP contribution in [0.4, 0.5) is 14.5 Å². The van der Waals surface area contributed by atoms with E-state index in [-0.39, 0.29) is 5.69 Å². The number of nitrogens with one attached hydrogen (secondary N) is 1. The van der Waals surface area contributed by atoms with E-state index in [1.165, 1.54) is 12.1 Å². The number of hydrogen-bond acceptors (Lipinski definition) is 1. The lowest BCUT2D eigenvalue weighted by atomic mass is 10.1. The van der Waals surface area contributed by atoms with E-state index in [2.05, 4.69) is 5.32 Å². The van der Waals surface area contributed by atoms with E-state index >= 15 is 0 Å². The van der Waals surface area contributed by atoms with Gasteiger partial charge in [0, 0.05) is 12.1 Å². The zero-order valence-corrected chi connectivity index (χ0v) is 10.9. The minimum atomic E-state index is -0.803. The number of amides is 1. The van der Waals surface area contributed by atoms with Crippen LogP contribution >= 0.6 is 0 Å². The number of rotatable bonds is 3. The molecule has 0 aliphatic carbocycles. The van der Waals surface area contributed by atoms with Gasteiger partial charge in [-0.25, -0.2) is 8.78 Å². The lowest BCUT2D eigenvalue weighted by Crippen LogP contribution is -2.09. The van der Waals surface area contributed by atoms with E-state index in [1.54, 1.807) is 6.08 Å². The van der Waals surface area contributed by atoms with E-state index in [1.807, 2.05) is 31.2 Å². The molecule has 1 N–H and O–H groups in total. The zero-order valence-electron chi connectivity index (χ0n) is 10.9. The van der Waals surface area contributed by atoms with Crippen molar-refractivity contribution in [2.45, 2.75) is 6.92 Å². The lowest BCUT2D eigenvalue weighted by Gasteiger charge is -2.04. The number of carbonyl (C=O) groups excluding carboxylic acids is 1. The smallest absolute Gasteiger partial charge is 0.248 e. The molecule has 2 aromatic carbocycles. The molecule has 0 bridgehead atoms. The third-order valence-electron chi connectivity index (χ3n) is 2.79. The zero-order chi connectivity index (χ0) is 14.5. The number of halogens is 2. The second kappa shape index (κ2) is 6.10. The van der Waals surface area contributed by atoms with Crippen molar-refractivity contribution in [2.24, 2.45) is 0 Å². The van der Waals surface area contributed by atoms with Gasteiger partial charge in [-0.3, -0.25) is 4.79 Å². The lowest BCUT2D eigenvalue weighted by molar-refractivity contribution is -0.111. The molecular formula is C16H13F2NO. The van der Waals surface area contributed by atoms with E-state index in [9.17, 15) is 13.6 Å².